The summed E-state index contributed by atoms with van der Waals surface area (Å²) in [5.74, 6) is -0.266. The molecule has 0 bridgehead atoms. The van der Waals surface area contributed by atoms with Gasteiger partial charge in [-0.2, -0.15) is 0 Å². The van der Waals surface area contributed by atoms with Gasteiger partial charge in [-0.3, -0.25) is 15.1 Å². The number of carbonyl (C=O) groups is 1. The molecule has 1 N–H and O–H groups in total. The van der Waals surface area contributed by atoms with Crippen LogP contribution >= 0.6 is 0 Å². The lowest BCUT2D eigenvalue weighted by molar-refractivity contribution is -0.125. The maximum atomic E-state index is 13.2. The van der Waals surface area contributed by atoms with Gasteiger partial charge in [0.05, 0.1) is 13.1 Å². The molecule has 0 unspecified atom stereocenters. The maximum absolute atomic E-state index is 13.2. The van der Waals surface area contributed by atoms with Crippen LogP contribution in [0.3, 0.4) is 0 Å². The van der Waals surface area contributed by atoms with E-state index in [0.29, 0.717) is 0 Å². The van der Waals surface area contributed by atoms with Crippen LogP contribution in [0.2, 0.25) is 0 Å². The van der Waals surface area contributed by atoms with Crippen molar-refractivity contribution in [3.63, 3.8) is 0 Å². The predicted molar refractivity (Wildman–Crippen MR) is 64.0 cm³/mol. The SMILES string of the molecule is CN1CC(=O)N(CCOc2ccccc2F)C1=N. The number of hydrogen-bond donors (Lipinski definition) is 1. The molecule has 0 saturated carbocycles. The van der Waals surface area contributed by atoms with Crippen LogP contribution in [0.25, 0.3) is 0 Å². The van der Waals surface area contributed by atoms with Crippen molar-refractivity contribution in [2.45, 2.75) is 0 Å². The smallest absolute Gasteiger partial charge is 0.249 e. The van der Waals surface area contributed by atoms with E-state index in [1.54, 1.807) is 24.1 Å². The van der Waals surface area contributed by atoms with Gasteiger partial charge in [0.25, 0.3) is 0 Å². The highest BCUT2D eigenvalue weighted by atomic mass is 19.1. The second-order valence-electron chi connectivity index (χ2n) is 4.00. The number of para-hydroxylation sites is 1. The maximum Gasteiger partial charge on any atom is 0.249 e. The summed E-state index contributed by atoms with van der Waals surface area (Å²) in [6.07, 6.45) is 0. The molecule has 1 aromatic rings. The van der Waals surface area contributed by atoms with Gasteiger partial charge in [-0.25, -0.2) is 4.39 Å². The van der Waals surface area contributed by atoms with Crippen molar-refractivity contribution in [1.82, 2.24) is 9.80 Å². The molecule has 1 amide bonds. The largest absolute Gasteiger partial charge is 0.489 e. The molecule has 0 atom stereocenters. The van der Waals surface area contributed by atoms with Crippen LogP contribution in [0.4, 0.5) is 4.39 Å². The highest BCUT2D eigenvalue weighted by molar-refractivity contribution is 6.02. The summed E-state index contributed by atoms with van der Waals surface area (Å²) in [5.41, 5.74) is 0. The second-order valence-corrected chi connectivity index (χ2v) is 4.00. The number of likely N-dealkylation sites (N-methyl/N-ethyl adjacent to an activating group) is 1. The lowest BCUT2D eigenvalue weighted by atomic mass is 10.3. The number of ether oxygens (including phenoxy) is 1. The van der Waals surface area contributed by atoms with Crippen LogP contribution in [0.1, 0.15) is 0 Å². The number of nitrogens with one attached hydrogen (secondary N) is 1. The summed E-state index contributed by atoms with van der Waals surface area (Å²) in [6.45, 7) is 0.609. The van der Waals surface area contributed by atoms with Crippen molar-refractivity contribution < 1.29 is 13.9 Å². The lowest BCUT2D eigenvalue weighted by Crippen LogP contribution is -2.35. The fourth-order valence-corrected chi connectivity index (χ4v) is 1.73. The standard InChI is InChI=1S/C12H14FN3O2/c1-15-8-11(17)16(12(15)14)6-7-18-10-5-3-2-4-9(10)13/h2-5,14H,6-8H2,1H3. The molecule has 1 aliphatic heterocycles. The van der Waals surface area contributed by atoms with E-state index in [1.807, 2.05) is 0 Å². The Morgan fingerprint density at radius 2 is 2.17 bits per heavy atom. The molecule has 6 heteroatoms. The van der Waals surface area contributed by atoms with Crippen molar-refractivity contribution in [2.75, 3.05) is 26.7 Å². The third-order valence-electron chi connectivity index (χ3n) is 2.70. The van der Waals surface area contributed by atoms with Gasteiger partial charge in [0.1, 0.15) is 6.61 Å². The number of benzene rings is 1. The predicted octanol–water partition coefficient (Wildman–Crippen LogP) is 0.913. The van der Waals surface area contributed by atoms with Crippen LogP contribution in [0.5, 0.6) is 5.75 Å². The molecule has 96 valence electrons. The Bertz CT molecular complexity index is 478. The Morgan fingerprint density at radius 3 is 2.78 bits per heavy atom. The summed E-state index contributed by atoms with van der Waals surface area (Å²) in [5, 5.41) is 7.67. The molecule has 2 rings (SSSR count). The normalized spacial score (nSPS) is 15.4. The van der Waals surface area contributed by atoms with Gasteiger partial charge in [-0.1, -0.05) is 12.1 Å². The molecule has 18 heavy (non-hydrogen) atoms. The number of halogens is 1. The fraction of sp³-hybridized carbons (Fsp3) is 0.333. The number of rotatable bonds is 4. The van der Waals surface area contributed by atoms with Gasteiger partial charge < -0.3 is 9.64 Å². The van der Waals surface area contributed by atoms with E-state index in [4.69, 9.17) is 10.1 Å². The van der Waals surface area contributed by atoms with Crippen molar-refractivity contribution >= 4 is 11.9 Å². The molecule has 1 heterocycles. The number of amides is 1. The molecule has 1 aromatic carbocycles. The van der Waals surface area contributed by atoms with E-state index >= 15 is 0 Å². The van der Waals surface area contributed by atoms with E-state index in [-0.39, 0.29) is 37.3 Å². The zero-order valence-corrected chi connectivity index (χ0v) is 10.0. The topological polar surface area (TPSA) is 56.6 Å². The van der Waals surface area contributed by atoms with Crippen LogP contribution in [-0.2, 0) is 4.79 Å². The Morgan fingerprint density at radius 1 is 1.44 bits per heavy atom. The molecule has 0 spiro atoms. The van der Waals surface area contributed by atoms with Crippen molar-refractivity contribution in [3.05, 3.63) is 30.1 Å². The minimum absolute atomic E-state index is 0.139. The van der Waals surface area contributed by atoms with E-state index < -0.39 is 5.82 Å². The quantitative estimate of drug-likeness (QED) is 0.865. The van der Waals surface area contributed by atoms with E-state index in [0.717, 1.165) is 0 Å². The third kappa shape index (κ3) is 2.42. The Hall–Kier alpha value is -2.11. The van der Waals surface area contributed by atoms with Crippen LogP contribution in [0, 0.1) is 11.2 Å². The fourth-order valence-electron chi connectivity index (χ4n) is 1.73. The molecule has 1 aliphatic rings. The molecule has 0 aromatic heterocycles. The minimum atomic E-state index is -0.433. The average molecular weight is 251 g/mol. The van der Waals surface area contributed by atoms with E-state index in [9.17, 15) is 9.18 Å². The number of carbonyl (C=O) groups excluding carboxylic acids is 1. The van der Waals surface area contributed by atoms with E-state index in [2.05, 4.69) is 0 Å². The lowest BCUT2D eigenvalue weighted by Gasteiger charge is -2.17. The van der Waals surface area contributed by atoms with E-state index in [1.165, 1.54) is 17.0 Å². The first-order valence-corrected chi connectivity index (χ1v) is 5.57. The first kappa shape index (κ1) is 12.3. The minimum Gasteiger partial charge on any atom is -0.489 e. The van der Waals surface area contributed by atoms with Gasteiger partial charge in [0, 0.05) is 7.05 Å². The van der Waals surface area contributed by atoms with Gasteiger partial charge in [0.15, 0.2) is 11.6 Å². The summed E-state index contributed by atoms with van der Waals surface area (Å²) in [4.78, 5) is 14.4. The summed E-state index contributed by atoms with van der Waals surface area (Å²) in [6, 6.07) is 6.09. The molecule has 5 nitrogen and oxygen atoms in total. The van der Waals surface area contributed by atoms with Crippen LogP contribution < -0.4 is 4.74 Å². The Labute approximate surface area is 104 Å². The van der Waals surface area contributed by atoms with Gasteiger partial charge >= 0.3 is 0 Å². The Balaban J connectivity index is 1.88. The summed E-state index contributed by atoms with van der Waals surface area (Å²) >= 11 is 0. The van der Waals surface area contributed by atoms with Gasteiger partial charge in [-0.15, -0.1) is 0 Å². The zero-order valence-electron chi connectivity index (χ0n) is 10.0. The first-order chi connectivity index (χ1) is 8.59. The average Bonchev–Trinajstić information content (AvgIpc) is 2.58. The molecule has 1 fully saturated rings. The molecule has 0 aliphatic carbocycles. The van der Waals surface area contributed by atoms with Crippen molar-refractivity contribution in [1.29, 1.82) is 5.41 Å². The summed E-state index contributed by atoms with van der Waals surface area (Å²) < 4.78 is 18.5. The number of hydrogen-bond acceptors (Lipinski definition) is 3. The molecule has 1 saturated heterocycles. The second kappa shape index (κ2) is 5.03. The zero-order chi connectivity index (χ0) is 13.1. The molecular formula is C12H14FN3O2. The number of nitrogens with zero attached hydrogens (tertiary/aromatic N) is 2. The Kier molecular flexibility index (Phi) is 3.45. The highest BCUT2D eigenvalue weighted by Crippen LogP contribution is 2.15. The molecule has 0 radical (unpaired) electrons. The number of guanidine groups is 1. The van der Waals surface area contributed by atoms with Crippen molar-refractivity contribution in [3.8, 4) is 5.75 Å². The van der Waals surface area contributed by atoms with Gasteiger partial charge in [-0.05, 0) is 12.1 Å². The van der Waals surface area contributed by atoms with Crippen LogP contribution in [0.15, 0.2) is 24.3 Å². The van der Waals surface area contributed by atoms with Crippen LogP contribution in [-0.4, -0.2) is 48.4 Å². The monoisotopic (exact) mass is 251 g/mol. The van der Waals surface area contributed by atoms with Crippen molar-refractivity contribution in [2.24, 2.45) is 0 Å². The third-order valence-corrected chi connectivity index (χ3v) is 2.70. The van der Waals surface area contributed by atoms with Gasteiger partial charge in [0.2, 0.25) is 11.9 Å². The highest BCUT2D eigenvalue weighted by Gasteiger charge is 2.29. The molecular weight excluding hydrogens is 237 g/mol. The summed E-state index contributed by atoms with van der Waals surface area (Å²) in [7, 11) is 1.68. The first-order valence-electron chi connectivity index (χ1n) is 5.57.